The Labute approximate surface area is 125 Å². The van der Waals surface area contributed by atoms with Gasteiger partial charge in [0.2, 0.25) is 5.75 Å². The molecule has 1 amide bonds. The first-order chi connectivity index (χ1) is 9.60. The first kappa shape index (κ1) is 14.8. The number of hydrogen-bond donors (Lipinski definition) is 0. The molecule has 1 heterocycles. The van der Waals surface area contributed by atoms with E-state index in [-0.39, 0.29) is 28.9 Å². The van der Waals surface area contributed by atoms with Crippen LogP contribution in [0, 0.1) is 10.1 Å². The summed E-state index contributed by atoms with van der Waals surface area (Å²) in [7, 11) is 1.34. The SMILES string of the molecule is COc1c(C(=O)N2CCCC2CBr)cccc1[N+](=O)[O-]. The van der Waals surface area contributed by atoms with E-state index in [1.54, 1.807) is 11.0 Å². The number of ether oxygens (including phenoxy) is 1. The molecular weight excluding hydrogens is 328 g/mol. The number of benzene rings is 1. The lowest BCUT2D eigenvalue weighted by Gasteiger charge is -2.23. The van der Waals surface area contributed by atoms with Gasteiger partial charge in [-0.15, -0.1) is 0 Å². The van der Waals surface area contributed by atoms with Crippen molar-refractivity contribution < 1.29 is 14.5 Å². The van der Waals surface area contributed by atoms with Crippen LogP contribution in [0.4, 0.5) is 5.69 Å². The maximum Gasteiger partial charge on any atom is 0.311 e. The van der Waals surface area contributed by atoms with Gasteiger partial charge in [-0.25, -0.2) is 0 Å². The Morgan fingerprint density at radius 1 is 1.60 bits per heavy atom. The third kappa shape index (κ3) is 2.63. The van der Waals surface area contributed by atoms with Gasteiger partial charge in [0, 0.05) is 24.0 Å². The average Bonchev–Trinajstić information content (AvgIpc) is 2.93. The molecule has 1 aromatic rings. The predicted molar refractivity (Wildman–Crippen MR) is 77.5 cm³/mol. The number of nitro groups is 1. The van der Waals surface area contributed by atoms with Gasteiger partial charge in [0.1, 0.15) is 0 Å². The minimum Gasteiger partial charge on any atom is -0.490 e. The van der Waals surface area contributed by atoms with E-state index in [0.29, 0.717) is 11.9 Å². The molecule has 2 rings (SSSR count). The fraction of sp³-hybridized carbons (Fsp3) is 0.462. The molecule has 1 saturated heterocycles. The van der Waals surface area contributed by atoms with E-state index in [4.69, 9.17) is 4.74 Å². The number of halogens is 1. The van der Waals surface area contributed by atoms with Crippen LogP contribution < -0.4 is 4.74 Å². The summed E-state index contributed by atoms with van der Waals surface area (Å²) in [5.74, 6) is -0.185. The van der Waals surface area contributed by atoms with Crippen molar-refractivity contribution in [1.82, 2.24) is 4.90 Å². The van der Waals surface area contributed by atoms with Crippen LogP contribution in [-0.2, 0) is 0 Å². The van der Waals surface area contributed by atoms with Crippen LogP contribution in [0.5, 0.6) is 5.75 Å². The van der Waals surface area contributed by atoms with Crippen molar-refractivity contribution in [3.8, 4) is 5.75 Å². The third-order valence-corrected chi connectivity index (χ3v) is 4.19. The van der Waals surface area contributed by atoms with Crippen LogP contribution in [0.1, 0.15) is 23.2 Å². The maximum atomic E-state index is 12.6. The molecule has 0 N–H and O–H groups in total. The van der Waals surface area contributed by atoms with Crippen LogP contribution in [0.2, 0.25) is 0 Å². The van der Waals surface area contributed by atoms with Crippen molar-refractivity contribution in [1.29, 1.82) is 0 Å². The summed E-state index contributed by atoms with van der Waals surface area (Å²) >= 11 is 3.40. The topological polar surface area (TPSA) is 72.7 Å². The number of nitrogens with zero attached hydrogens (tertiary/aromatic N) is 2. The smallest absolute Gasteiger partial charge is 0.311 e. The second-order valence-electron chi connectivity index (χ2n) is 4.56. The lowest BCUT2D eigenvalue weighted by molar-refractivity contribution is -0.385. The zero-order chi connectivity index (χ0) is 14.7. The number of para-hydroxylation sites is 1. The molecule has 1 atom stereocenters. The molecule has 108 valence electrons. The number of hydrogen-bond acceptors (Lipinski definition) is 4. The van der Waals surface area contributed by atoms with Crippen molar-refractivity contribution in [3.05, 3.63) is 33.9 Å². The van der Waals surface area contributed by atoms with Gasteiger partial charge in [-0.2, -0.15) is 0 Å². The van der Waals surface area contributed by atoms with Crippen molar-refractivity contribution in [2.75, 3.05) is 19.0 Å². The summed E-state index contributed by atoms with van der Waals surface area (Å²) in [6.07, 6.45) is 1.88. The van der Waals surface area contributed by atoms with Crippen LogP contribution in [0.3, 0.4) is 0 Å². The maximum absolute atomic E-state index is 12.6. The molecule has 1 aromatic carbocycles. The first-order valence-electron chi connectivity index (χ1n) is 6.28. The molecule has 7 heteroatoms. The number of carbonyl (C=O) groups is 1. The minimum atomic E-state index is -0.540. The Hall–Kier alpha value is -1.63. The molecule has 0 aromatic heterocycles. The van der Waals surface area contributed by atoms with Gasteiger partial charge in [-0.1, -0.05) is 22.0 Å². The highest BCUT2D eigenvalue weighted by Crippen LogP contribution is 2.33. The zero-order valence-corrected chi connectivity index (χ0v) is 12.6. The van der Waals surface area contributed by atoms with Gasteiger partial charge in [0.15, 0.2) is 0 Å². The molecule has 0 bridgehead atoms. The second kappa shape index (κ2) is 6.21. The van der Waals surface area contributed by atoms with Crippen LogP contribution in [-0.4, -0.2) is 40.8 Å². The third-order valence-electron chi connectivity index (χ3n) is 3.44. The number of carbonyl (C=O) groups excluding carboxylic acids is 1. The summed E-state index contributed by atoms with van der Waals surface area (Å²) in [5.41, 5.74) is 0.0579. The van der Waals surface area contributed by atoms with Gasteiger partial charge in [0.05, 0.1) is 17.6 Å². The number of methoxy groups -OCH3 is 1. The van der Waals surface area contributed by atoms with E-state index in [2.05, 4.69) is 15.9 Å². The van der Waals surface area contributed by atoms with E-state index < -0.39 is 4.92 Å². The molecule has 20 heavy (non-hydrogen) atoms. The Morgan fingerprint density at radius 2 is 2.35 bits per heavy atom. The van der Waals surface area contributed by atoms with Crippen molar-refractivity contribution in [2.45, 2.75) is 18.9 Å². The number of rotatable bonds is 4. The highest BCUT2D eigenvalue weighted by atomic mass is 79.9. The average molecular weight is 343 g/mol. The van der Waals surface area contributed by atoms with E-state index in [9.17, 15) is 14.9 Å². The number of nitro benzene ring substituents is 1. The fourth-order valence-corrected chi connectivity index (χ4v) is 3.14. The fourth-order valence-electron chi connectivity index (χ4n) is 2.47. The Morgan fingerprint density at radius 3 is 2.95 bits per heavy atom. The minimum absolute atomic E-state index is 0.0303. The molecule has 0 radical (unpaired) electrons. The monoisotopic (exact) mass is 342 g/mol. The summed E-state index contributed by atoms with van der Waals surface area (Å²) < 4.78 is 5.09. The largest absolute Gasteiger partial charge is 0.490 e. The van der Waals surface area contributed by atoms with Crippen LogP contribution in [0.25, 0.3) is 0 Å². The lowest BCUT2D eigenvalue weighted by Crippen LogP contribution is -2.36. The quantitative estimate of drug-likeness (QED) is 0.479. The zero-order valence-electron chi connectivity index (χ0n) is 11.0. The van der Waals surface area contributed by atoms with Crippen molar-refractivity contribution in [3.63, 3.8) is 0 Å². The van der Waals surface area contributed by atoms with E-state index in [0.717, 1.165) is 12.8 Å². The lowest BCUT2D eigenvalue weighted by atomic mass is 10.1. The predicted octanol–water partition coefficient (Wildman–Crippen LogP) is 2.60. The summed E-state index contributed by atoms with van der Waals surface area (Å²) in [6.45, 7) is 0.668. The Balaban J connectivity index is 2.39. The molecule has 1 unspecified atom stereocenters. The van der Waals surface area contributed by atoms with E-state index >= 15 is 0 Å². The molecule has 1 aliphatic rings. The molecule has 1 fully saturated rings. The van der Waals surface area contributed by atoms with E-state index in [1.165, 1.54) is 19.2 Å². The molecule has 0 aliphatic carbocycles. The molecule has 1 aliphatic heterocycles. The normalized spacial score (nSPS) is 18.1. The number of alkyl halides is 1. The summed E-state index contributed by atoms with van der Waals surface area (Å²) in [4.78, 5) is 24.8. The molecule has 6 nitrogen and oxygen atoms in total. The molecular formula is C13H15BrN2O4. The highest BCUT2D eigenvalue weighted by molar-refractivity contribution is 9.09. The van der Waals surface area contributed by atoms with Gasteiger partial charge >= 0.3 is 5.69 Å². The van der Waals surface area contributed by atoms with Crippen LogP contribution in [0.15, 0.2) is 18.2 Å². The van der Waals surface area contributed by atoms with Crippen molar-refractivity contribution in [2.24, 2.45) is 0 Å². The molecule has 0 spiro atoms. The summed E-state index contributed by atoms with van der Waals surface area (Å²) in [6, 6.07) is 4.54. The Bertz CT molecular complexity index is 535. The standard InChI is InChI=1S/C13H15BrN2O4/c1-20-12-10(5-2-6-11(12)16(18)19)13(17)15-7-3-4-9(15)8-14/h2,5-6,9H,3-4,7-8H2,1H3. The van der Waals surface area contributed by atoms with Gasteiger partial charge in [-0.05, 0) is 18.9 Å². The van der Waals surface area contributed by atoms with E-state index in [1.807, 2.05) is 0 Å². The summed E-state index contributed by atoms with van der Waals surface area (Å²) in [5, 5.41) is 11.7. The van der Waals surface area contributed by atoms with Gasteiger partial charge in [-0.3, -0.25) is 14.9 Å². The molecule has 0 saturated carbocycles. The number of likely N-dealkylation sites (tertiary alicyclic amines) is 1. The number of amides is 1. The second-order valence-corrected chi connectivity index (χ2v) is 5.21. The van der Waals surface area contributed by atoms with Crippen molar-refractivity contribution >= 4 is 27.5 Å². The van der Waals surface area contributed by atoms with Gasteiger partial charge < -0.3 is 9.64 Å². The van der Waals surface area contributed by atoms with Gasteiger partial charge in [0.25, 0.3) is 5.91 Å². The van der Waals surface area contributed by atoms with Crippen LogP contribution >= 0.6 is 15.9 Å². The first-order valence-corrected chi connectivity index (χ1v) is 7.40. The highest BCUT2D eigenvalue weighted by Gasteiger charge is 2.32. The Kier molecular flexibility index (Phi) is 4.59.